The van der Waals surface area contributed by atoms with E-state index in [1.54, 1.807) is 54.9 Å². The van der Waals surface area contributed by atoms with Gasteiger partial charge in [0.05, 0.1) is 16.3 Å². The second-order valence-electron chi connectivity index (χ2n) is 5.57. The molecular formula is C19H14Cl2N4O3. The summed E-state index contributed by atoms with van der Waals surface area (Å²) in [6.07, 6.45) is 4.48. The van der Waals surface area contributed by atoms with Crippen molar-refractivity contribution >= 4 is 41.2 Å². The lowest BCUT2D eigenvalue weighted by molar-refractivity contribution is -0.139. The molecule has 0 saturated heterocycles. The fourth-order valence-electron chi connectivity index (χ4n) is 2.20. The molecule has 3 aromatic rings. The van der Waals surface area contributed by atoms with Gasteiger partial charge in [-0.1, -0.05) is 23.2 Å². The van der Waals surface area contributed by atoms with Crippen molar-refractivity contribution < 1.29 is 14.0 Å². The van der Waals surface area contributed by atoms with Crippen LogP contribution in [0.2, 0.25) is 10.0 Å². The zero-order valence-corrected chi connectivity index (χ0v) is 15.9. The maximum Gasteiger partial charge on any atom is 0.329 e. The number of amides is 2. The molecule has 7 nitrogen and oxygen atoms in total. The van der Waals surface area contributed by atoms with Gasteiger partial charge in [0.2, 0.25) is 0 Å². The minimum atomic E-state index is -0.887. The highest BCUT2D eigenvalue weighted by atomic mass is 35.5. The van der Waals surface area contributed by atoms with Crippen LogP contribution in [0.5, 0.6) is 0 Å². The van der Waals surface area contributed by atoms with E-state index in [1.165, 1.54) is 6.21 Å². The number of hydrogen-bond acceptors (Lipinski definition) is 5. The van der Waals surface area contributed by atoms with Crippen LogP contribution in [0.1, 0.15) is 11.3 Å². The van der Waals surface area contributed by atoms with Gasteiger partial charge in [0.15, 0.2) is 0 Å². The number of aromatic nitrogens is 1. The van der Waals surface area contributed by atoms with Crippen molar-refractivity contribution in [3.05, 3.63) is 76.2 Å². The smallest absolute Gasteiger partial charge is 0.329 e. The van der Waals surface area contributed by atoms with Crippen molar-refractivity contribution in [2.75, 3.05) is 0 Å². The maximum absolute atomic E-state index is 11.7. The lowest BCUT2D eigenvalue weighted by atomic mass is 10.2. The number of pyridine rings is 1. The number of nitrogens with zero attached hydrogens (tertiary/aromatic N) is 2. The van der Waals surface area contributed by atoms with Crippen LogP contribution in [-0.2, 0) is 16.1 Å². The lowest BCUT2D eigenvalue weighted by Gasteiger charge is -2.03. The Kier molecular flexibility index (Phi) is 6.41. The van der Waals surface area contributed by atoms with Crippen molar-refractivity contribution in [2.24, 2.45) is 5.10 Å². The Morgan fingerprint density at radius 1 is 1.04 bits per heavy atom. The summed E-state index contributed by atoms with van der Waals surface area (Å²) in [6, 6.07) is 12.0. The average Bonchev–Trinajstić information content (AvgIpc) is 3.18. The molecule has 0 aliphatic rings. The van der Waals surface area contributed by atoms with Crippen molar-refractivity contribution in [2.45, 2.75) is 6.54 Å². The van der Waals surface area contributed by atoms with Crippen LogP contribution < -0.4 is 10.7 Å². The van der Waals surface area contributed by atoms with E-state index in [-0.39, 0.29) is 6.54 Å². The fourth-order valence-corrected chi connectivity index (χ4v) is 2.49. The number of carbonyl (C=O) groups excluding carboxylic acids is 2. The van der Waals surface area contributed by atoms with Crippen LogP contribution >= 0.6 is 23.2 Å². The molecule has 0 unspecified atom stereocenters. The Hall–Kier alpha value is -3.16. The van der Waals surface area contributed by atoms with E-state index in [4.69, 9.17) is 27.6 Å². The summed E-state index contributed by atoms with van der Waals surface area (Å²) in [5.41, 5.74) is 3.71. The molecule has 2 amide bonds. The van der Waals surface area contributed by atoms with E-state index < -0.39 is 11.8 Å². The first-order valence-corrected chi connectivity index (χ1v) is 8.84. The topological polar surface area (TPSA) is 96.6 Å². The first kappa shape index (κ1) is 19.6. The average molecular weight is 417 g/mol. The molecule has 2 heterocycles. The van der Waals surface area contributed by atoms with Gasteiger partial charge in [-0.25, -0.2) is 5.43 Å². The van der Waals surface area contributed by atoms with Gasteiger partial charge in [0, 0.05) is 24.5 Å². The Balaban J connectivity index is 1.53. The third-order valence-corrected chi connectivity index (χ3v) is 4.34. The SMILES string of the molecule is O=C(NCc1ccncc1)C(=O)N/N=C/c1ccc(-c2ccc(Cl)c(Cl)c2)o1. The van der Waals surface area contributed by atoms with Gasteiger partial charge in [-0.15, -0.1) is 0 Å². The normalized spacial score (nSPS) is 10.8. The molecule has 0 aliphatic heterocycles. The number of nitrogens with one attached hydrogen (secondary N) is 2. The highest BCUT2D eigenvalue weighted by molar-refractivity contribution is 6.42. The van der Waals surface area contributed by atoms with Crippen LogP contribution in [0, 0.1) is 0 Å². The highest BCUT2D eigenvalue weighted by Gasteiger charge is 2.12. The standard InChI is InChI=1S/C19H14Cl2N4O3/c20-15-3-1-13(9-16(15)21)17-4-2-14(28-17)11-24-25-19(27)18(26)23-10-12-5-7-22-8-6-12/h1-9,11H,10H2,(H,23,26)(H,25,27)/b24-11+. The van der Waals surface area contributed by atoms with Crippen LogP contribution in [0.3, 0.4) is 0 Å². The summed E-state index contributed by atoms with van der Waals surface area (Å²) < 4.78 is 5.60. The Morgan fingerprint density at radius 2 is 1.82 bits per heavy atom. The Labute approximate surface area is 170 Å². The largest absolute Gasteiger partial charge is 0.455 e. The molecule has 2 N–H and O–H groups in total. The number of hydrogen-bond donors (Lipinski definition) is 2. The van der Waals surface area contributed by atoms with Gasteiger partial charge in [0.25, 0.3) is 0 Å². The third kappa shape index (κ3) is 5.18. The minimum Gasteiger partial charge on any atom is -0.455 e. The van der Waals surface area contributed by atoms with Gasteiger partial charge < -0.3 is 9.73 Å². The molecule has 0 saturated carbocycles. The molecule has 2 aromatic heterocycles. The van der Waals surface area contributed by atoms with Gasteiger partial charge in [-0.2, -0.15) is 5.10 Å². The summed E-state index contributed by atoms with van der Waals surface area (Å²) in [5, 5.41) is 7.06. The monoisotopic (exact) mass is 416 g/mol. The van der Waals surface area contributed by atoms with E-state index in [0.29, 0.717) is 21.6 Å². The van der Waals surface area contributed by atoms with E-state index >= 15 is 0 Å². The predicted molar refractivity (Wildman–Crippen MR) is 106 cm³/mol. The number of hydrazone groups is 1. The number of carbonyl (C=O) groups is 2. The second-order valence-corrected chi connectivity index (χ2v) is 6.38. The lowest BCUT2D eigenvalue weighted by Crippen LogP contribution is -2.37. The summed E-state index contributed by atoms with van der Waals surface area (Å²) >= 11 is 11.9. The predicted octanol–water partition coefficient (Wildman–Crippen LogP) is 3.41. The fraction of sp³-hybridized carbons (Fsp3) is 0.0526. The van der Waals surface area contributed by atoms with Crippen molar-refractivity contribution in [3.63, 3.8) is 0 Å². The van der Waals surface area contributed by atoms with Crippen LogP contribution in [0.15, 0.2) is 64.4 Å². The summed E-state index contributed by atoms with van der Waals surface area (Å²) in [5.74, 6) is -0.744. The summed E-state index contributed by atoms with van der Waals surface area (Å²) in [4.78, 5) is 27.4. The third-order valence-electron chi connectivity index (χ3n) is 3.60. The molecule has 3 rings (SSSR count). The molecule has 0 spiro atoms. The Bertz CT molecular complexity index is 1020. The summed E-state index contributed by atoms with van der Waals surface area (Å²) in [6.45, 7) is 0.212. The number of rotatable bonds is 5. The first-order valence-electron chi connectivity index (χ1n) is 8.08. The van der Waals surface area contributed by atoms with Crippen molar-refractivity contribution in [3.8, 4) is 11.3 Å². The van der Waals surface area contributed by atoms with E-state index in [0.717, 1.165) is 11.1 Å². The molecule has 0 atom stereocenters. The molecule has 0 fully saturated rings. The second kappa shape index (κ2) is 9.16. The molecule has 1 aromatic carbocycles. The molecule has 142 valence electrons. The quantitative estimate of drug-likeness (QED) is 0.378. The zero-order valence-electron chi connectivity index (χ0n) is 14.4. The molecule has 0 aliphatic carbocycles. The molecule has 28 heavy (non-hydrogen) atoms. The molecule has 0 radical (unpaired) electrons. The zero-order chi connectivity index (χ0) is 19.9. The number of furan rings is 1. The van der Waals surface area contributed by atoms with E-state index in [1.807, 2.05) is 0 Å². The van der Waals surface area contributed by atoms with Crippen LogP contribution in [0.25, 0.3) is 11.3 Å². The highest BCUT2D eigenvalue weighted by Crippen LogP contribution is 2.29. The number of halogens is 2. The van der Waals surface area contributed by atoms with Gasteiger partial charge in [0.1, 0.15) is 11.5 Å². The van der Waals surface area contributed by atoms with Gasteiger partial charge >= 0.3 is 11.8 Å². The van der Waals surface area contributed by atoms with Crippen LogP contribution in [0.4, 0.5) is 0 Å². The van der Waals surface area contributed by atoms with Gasteiger partial charge in [-0.05, 0) is 48.0 Å². The van der Waals surface area contributed by atoms with Crippen molar-refractivity contribution in [1.29, 1.82) is 0 Å². The van der Waals surface area contributed by atoms with E-state index in [9.17, 15) is 9.59 Å². The molecule has 0 bridgehead atoms. The maximum atomic E-state index is 11.7. The van der Waals surface area contributed by atoms with Gasteiger partial charge in [-0.3, -0.25) is 14.6 Å². The summed E-state index contributed by atoms with van der Waals surface area (Å²) in [7, 11) is 0. The molecular weight excluding hydrogens is 403 g/mol. The van der Waals surface area contributed by atoms with E-state index in [2.05, 4.69) is 20.8 Å². The molecule has 9 heteroatoms. The first-order chi connectivity index (χ1) is 13.5. The minimum absolute atomic E-state index is 0.212. The number of benzene rings is 1. The van der Waals surface area contributed by atoms with Crippen LogP contribution in [-0.4, -0.2) is 23.0 Å². The Morgan fingerprint density at radius 3 is 2.57 bits per heavy atom. The van der Waals surface area contributed by atoms with Crippen molar-refractivity contribution in [1.82, 2.24) is 15.7 Å².